The van der Waals surface area contributed by atoms with Crippen molar-refractivity contribution < 1.29 is 9.84 Å². The van der Waals surface area contributed by atoms with Gasteiger partial charge in [-0.1, -0.05) is 12.2 Å². The topological polar surface area (TPSA) is 42.4 Å². The summed E-state index contributed by atoms with van der Waals surface area (Å²) in [7, 11) is 1.67. The Labute approximate surface area is 109 Å². The molecule has 2 rings (SSSR count). The first kappa shape index (κ1) is 13.1. The van der Waals surface area contributed by atoms with Crippen molar-refractivity contribution in [2.45, 2.75) is 45.1 Å². The largest absolute Gasteiger partial charge is 0.496 e. The Morgan fingerprint density at radius 3 is 2.83 bits per heavy atom. The van der Waals surface area contributed by atoms with Crippen LogP contribution >= 0.6 is 0 Å². The van der Waals surface area contributed by atoms with E-state index in [1.807, 2.05) is 26.1 Å². The molecule has 0 saturated carbocycles. The minimum absolute atomic E-state index is 0.561. The molecule has 3 nitrogen and oxygen atoms in total. The van der Waals surface area contributed by atoms with Gasteiger partial charge in [0.25, 0.3) is 0 Å². The molecule has 1 N–H and O–H groups in total. The Balaban J connectivity index is 2.29. The highest BCUT2D eigenvalue weighted by Gasteiger charge is 2.27. The predicted molar refractivity (Wildman–Crippen MR) is 71.9 cm³/mol. The van der Waals surface area contributed by atoms with Crippen LogP contribution in [0.3, 0.4) is 0 Å². The van der Waals surface area contributed by atoms with Crippen LogP contribution in [0.2, 0.25) is 0 Å². The van der Waals surface area contributed by atoms with Crippen molar-refractivity contribution in [2.24, 2.45) is 0 Å². The van der Waals surface area contributed by atoms with Gasteiger partial charge in [0.2, 0.25) is 0 Å². The normalized spacial score (nSPS) is 23.1. The number of aromatic nitrogens is 1. The lowest BCUT2D eigenvalue weighted by atomic mass is 9.86. The molecule has 18 heavy (non-hydrogen) atoms. The molecular weight excluding hydrogens is 226 g/mol. The summed E-state index contributed by atoms with van der Waals surface area (Å²) in [5.41, 5.74) is 2.25. The van der Waals surface area contributed by atoms with Gasteiger partial charge >= 0.3 is 0 Å². The Bertz CT molecular complexity index is 468. The minimum Gasteiger partial charge on any atom is -0.496 e. The minimum atomic E-state index is -0.740. The van der Waals surface area contributed by atoms with Crippen LogP contribution in [0, 0.1) is 13.8 Å². The summed E-state index contributed by atoms with van der Waals surface area (Å²) >= 11 is 0. The third kappa shape index (κ3) is 2.56. The first-order valence-corrected chi connectivity index (χ1v) is 6.45. The van der Waals surface area contributed by atoms with E-state index in [-0.39, 0.29) is 0 Å². The number of allylic oxidation sites excluding steroid dienone is 1. The number of ether oxygens (including phenoxy) is 1. The summed E-state index contributed by atoms with van der Waals surface area (Å²) in [6.07, 6.45) is 9.26. The molecule has 0 fully saturated rings. The highest BCUT2D eigenvalue weighted by molar-refractivity contribution is 5.41. The molecule has 0 radical (unpaired) electrons. The lowest BCUT2D eigenvalue weighted by Gasteiger charge is -2.28. The van der Waals surface area contributed by atoms with Gasteiger partial charge in [-0.25, -0.2) is 0 Å². The highest BCUT2D eigenvalue weighted by atomic mass is 16.5. The van der Waals surface area contributed by atoms with E-state index in [2.05, 4.69) is 11.1 Å². The van der Waals surface area contributed by atoms with Crippen LogP contribution in [-0.2, 0) is 6.42 Å². The third-order valence-corrected chi connectivity index (χ3v) is 3.63. The van der Waals surface area contributed by atoms with Crippen LogP contribution in [0.5, 0.6) is 5.75 Å². The zero-order chi connectivity index (χ0) is 13.2. The fourth-order valence-corrected chi connectivity index (χ4v) is 2.60. The number of nitrogens with zero attached hydrogens (tertiary/aromatic N) is 1. The van der Waals surface area contributed by atoms with E-state index >= 15 is 0 Å². The Kier molecular flexibility index (Phi) is 3.71. The van der Waals surface area contributed by atoms with Crippen molar-refractivity contribution in [3.05, 3.63) is 35.2 Å². The Morgan fingerprint density at radius 1 is 1.44 bits per heavy atom. The monoisotopic (exact) mass is 247 g/mol. The van der Waals surface area contributed by atoms with E-state index in [9.17, 15) is 5.11 Å². The van der Waals surface area contributed by atoms with Crippen molar-refractivity contribution in [1.82, 2.24) is 4.98 Å². The molecule has 1 unspecified atom stereocenters. The third-order valence-electron chi connectivity index (χ3n) is 3.63. The number of pyridine rings is 1. The standard InChI is InChI=1S/C15H21NO2/c1-11-10-16-13(12(2)14(11)18-3)9-15(17)7-5-4-6-8-15/h5,7,10,17H,4,6,8-9H2,1-3H3. The fraction of sp³-hybridized carbons (Fsp3) is 0.533. The molecule has 0 amide bonds. The van der Waals surface area contributed by atoms with Crippen LogP contribution in [0.15, 0.2) is 18.3 Å². The quantitative estimate of drug-likeness (QED) is 0.835. The molecule has 0 saturated heterocycles. The molecule has 1 aromatic rings. The van der Waals surface area contributed by atoms with Gasteiger partial charge in [0.15, 0.2) is 0 Å². The van der Waals surface area contributed by atoms with Crippen LogP contribution in [0.4, 0.5) is 0 Å². The van der Waals surface area contributed by atoms with E-state index in [0.29, 0.717) is 6.42 Å². The Hall–Kier alpha value is -1.35. The average molecular weight is 247 g/mol. The lowest BCUT2D eigenvalue weighted by Crippen LogP contribution is -2.31. The second-order valence-electron chi connectivity index (χ2n) is 5.12. The van der Waals surface area contributed by atoms with Crippen LogP contribution in [0.1, 0.15) is 36.1 Å². The van der Waals surface area contributed by atoms with Crippen LogP contribution < -0.4 is 4.74 Å². The average Bonchev–Trinajstić information content (AvgIpc) is 2.34. The number of hydrogen-bond acceptors (Lipinski definition) is 3. The van der Waals surface area contributed by atoms with Crippen LogP contribution in [0.25, 0.3) is 0 Å². The summed E-state index contributed by atoms with van der Waals surface area (Å²) in [6.45, 7) is 3.99. The lowest BCUT2D eigenvalue weighted by molar-refractivity contribution is 0.0739. The van der Waals surface area contributed by atoms with Gasteiger partial charge in [-0.3, -0.25) is 4.98 Å². The molecule has 98 valence electrons. The maximum absolute atomic E-state index is 10.5. The zero-order valence-corrected chi connectivity index (χ0v) is 11.4. The van der Waals surface area contributed by atoms with E-state index < -0.39 is 5.60 Å². The summed E-state index contributed by atoms with van der Waals surface area (Å²) < 4.78 is 5.40. The van der Waals surface area contributed by atoms with E-state index in [1.54, 1.807) is 7.11 Å². The molecule has 0 spiro atoms. The molecule has 3 heteroatoms. The van der Waals surface area contributed by atoms with E-state index in [0.717, 1.165) is 41.8 Å². The highest BCUT2D eigenvalue weighted by Crippen LogP contribution is 2.30. The second kappa shape index (κ2) is 5.11. The van der Waals surface area contributed by atoms with Gasteiger partial charge in [-0.15, -0.1) is 0 Å². The molecule has 0 aliphatic heterocycles. The van der Waals surface area contributed by atoms with Gasteiger partial charge in [0.1, 0.15) is 5.75 Å². The van der Waals surface area contributed by atoms with Crippen LogP contribution in [-0.4, -0.2) is 22.8 Å². The van der Waals surface area contributed by atoms with Crippen molar-refractivity contribution in [3.8, 4) is 5.75 Å². The molecule has 1 atom stereocenters. The summed E-state index contributed by atoms with van der Waals surface area (Å²) in [5.74, 6) is 0.878. The van der Waals surface area contributed by atoms with E-state index in [1.165, 1.54) is 0 Å². The number of hydrogen-bond donors (Lipinski definition) is 1. The second-order valence-corrected chi connectivity index (χ2v) is 5.12. The number of aryl methyl sites for hydroxylation is 1. The van der Waals surface area contributed by atoms with Gasteiger partial charge < -0.3 is 9.84 Å². The van der Waals surface area contributed by atoms with Crippen molar-refractivity contribution in [1.29, 1.82) is 0 Å². The first-order valence-electron chi connectivity index (χ1n) is 6.45. The summed E-state index contributed by atoms with van der Waals surface area (Å²) in [4.78, 5) is 4.45. The number of rotatable bonds is 3. The van der Waals surface area contributed by atoms with Gasteiger partial charge in [-0.05, 0) is 33.1 Å². The number of aliphatic hydroxyl groups is 1. The molecular formula is C15H21NO2. The van der Waals surface area contributed by atoms with Crippen molar-refractivity contribution in [2.75, 3.05) is 7.11 Å². The first-order chi connectivity index (χ1) is 8.56. The van der Waals surface area contributed by atoms with Crippen molar-refractivity contribution >= 4 is 0 Å². The van der Waals surface area contributed by atoms with Gasteiger partial charge in [-0.2, -0.15) is 0 Å². The maximum Gasteiger partial charge on any atom is 0.128 e. The molecule has 1 aliphatic carbocycles. The molecule has 1 aromatic heterocycles. The smallest absolute Gasteiger partial charge is 0.128 e. The summed E-state index contributed by atoms with van der Waals surface area (Å²) in [5, 5.41) is 10.5. The van der Waals surface area contributed by atoms with Gasteiger partial charge in [0, 0.05) is 23.7 Å². The fourth-order valence-electron chi connectivity index (χ4n) is 2.60. The van der Waals surface area contributed by atoms with E-state index in [4.69, 9.17) is 4.74 Å². The zero-order valence-electron chi connectivity index (χ0n) is 11.4. The molecule has 0 bridgehead atoms. The molecule has 0 aromatic carbocycles. The maximum atomic E-state index is 10.5. The predicted octanol–water partition coefficient (Wildman–Crippen LogP) is 2.72. The molecule has 1 heterocycles. The SMILES string of the molecule is COc1c(C)cnc(CC2(O)C=CCCC2)c1C. The number of methoxy groups -OCH3 is 1. The molecule has 1 aliphatic rings. The Morgan fingerprint density at radius 2 is 2.22 bits per heavy atom. The van der Waals surface area contributed by atoms with Crippen molar-refractivity contribution in [3.63, 3.8) is 0 Å². The van der Waals surface area contributed by atoms with Gasteiger partial charge in [0.05, 0.1) is 18.4 Å². The summed E-state index contributed by atoms with van der Waals surface area (Å²) in [6, 6.07) is 0.